The van der Waals surface area contributed by atoms with Crippen molar-refractivity contribution in [2.75, 3.05) is 29.5 Å². The Hall–Kier alpha value is -5.80. The highest BCUT2D eigenvalue weighted by molar-refractivity contribution is 7.13. The fourth-order valence-corrected chi connectivity index (χ4v) is 9.04. The van der Waals surface area contributed by atoms with Gasteiger partial charge in [-0.3, -0.25) is 24.0 Å². The number of nitrogen functional groups attached to an aromatic ring is 1. The van der Waals surface area contributed by atoms with Crippen molar-refractivity contribution in [2.45, 2.75) is 143 Å². The predicted octanol–water partition coefficient (Wildman–Crippen LogP) is 8.78. The number of unbranched alkanes of at least 4 members (excludes halogenated alkanes) is 8. The lowest BCUT2D eigenvalue weighted by atomic mass is 9.85. The maximum atomic E-state index is 14.0. The molecule has 2 heterocycles. The molecule has 1 aliphatic carbocycles. The van der Waals surface area contributed by atoms with Gasteiger partial charge in [0.15, 0.2) is 0 Å². The molecular weight excluding hydrogens is 867 g/mol. The number of nitrogens with zero attached hydrogens (tertiary/aromatic N) is 2. The second-order valence-electron chi connectivity index (χ2n) is 19.5. The third-order valence-corrected chi connectivity index (χ3v) is 13.8. The Bertz CT molecular complexity index is 2340. The fraction of sp³-hybridized carbons (Fsp3) is 0.500. The normalized spacial score (nSPS) is 16.8. The fourth-order valence-electron chi connectivity index (χ4n) is 8.24. The summed E-state index contributed by atoms with van der Waals surface area (Å²) in [4.78, 5) is 72.9. The van der Waals surface area contributed by atoms with E-state index in [1.807, 2.05) is 58.3 Å². The summed E-state index contributed by atoms with van der Waals surface area (Å²) in [5.41, 5.74) is 11.6. The quantitative estimate of drug-likeness (QED) is 0.0310. The van der Waals surface area contributed by atoms with Gasteiger partial charge in [-0.05, 0) is 86.1 Å². The molecule has 6 rings (SSSR count). The summed E-state index contributed by atoms with van der Waals surface area (Å²) >= 11 is 1.56. The molecule has 2 aliphatic rings. The van der Waals surface area contributed by atoms with Gasteiger partial charge >= 0.3 is 0 Å². The van der Waals surface area contributed by atoms with E-state index in [2.05, 4.69) is 26.3 Å². The van der Waals surface area contributed by atoms with Crippen LogP contribution in [0.4, 0.5) is 17.1 Å². The van der Waals surface area contributed by atoms with Gasteiger partial charge in [-0.2, -0.15) is 0 Å². The van der Waals surface area contributed by atoms with Crippen LogP contribution in [0.2, 0.25) is 0 Å². The first-order valence-corrected chi connectivity index (χ1v) is 24.7. The van der Waals surface area contributed by atoms with Gasteiger partial charge in [0.1, 0.15) is 17.8 Å². The van der Waals surface area contributed by atoms with E-state index in [1.54, 1.807) is 59.9 Å². The van der Waals surface area contributed by atoms with Crippen LogP contribution in [-0.2, 0) is 25.7 Å². The molecule has 67 heavy (non-hydrogen) atoms. The zero-order valence-corrected chi connectivity index (χ0v) is 40.6. The van der Waals surface area contributed by atoms with Crippen molar-refractivity contribution in [1.29, 1.82) is 0 Å². The first-order valence-electron chi connectivity index (χ1n) is 23.8. The lowest BCUT2D eigenvalue weighted by Gasteiger charge is -2.36. The highest BCUT2D eigenvalue weighted by atomic mass is 32.1. The number of ether oxygens (including phenoxy) is 1. The Morgan fingerprint density at radius 2 is 1.58 bits per heavy atom. The third kappa shape index (κ3) is 14.4. The van der Waals surface area contributed by atoms with E-state index >= 15 is 0 Å². The Kier molecular flexibility index (Phi) is 17.6. The van der Waals surface area contributed by atoms with E-state index in [-0.39, 0.29) is 49.0 Å². The zero-order chi connectivity index (χ0) is 48.1. The van der Waals surface area contributed by atoms with Gasteiger partial charge in [-0.25, -0.2) is 4.98 Å². The first kappa shape index (κ1) is 50.6. The summed E-state index contributed by atoms with van der Waals surface area (Å²) in [5.74, 6) is -0.526. The van der Waals surface area contributed by atoms with E-state index in [0.29, 0.717) is 41.4 Å². The van der Waals surface area contributed by atoms with E-state index in [1.165, 1.54) is 4.90 Å². The minimum absolute atomic E-state index is 0.0182. The molecule has 1 aliphatic heterocycles. The number of aliphatic hydroxyl groups excluding tert-OH is 1. The standard InChI is InChI=1S/C52H69N7O7S/c1-34-45(67-33-55-34)36-20-21-37(31-54-48(63)42-30-39(60)32-59(42)49(64)46(51(2,3)4)58-50(65)52(5)26-27-52)43(29-36)66-28-16-12-10-8-6-7-9-11-13-19-44(61)56-38-24-22-35(23-25-38)47(62)57-41-18-15-14-17-40(41)53/h14-15,17-18,20-25,29,33,39,42,46,60H,6-13,16,19,26-28,30-32,53H2,1-5H3,(H,54,63)(H,56,61)(H,57,62)(H,58,65)/t39-,42+,46+/m1/s1. The lowest BCUT2D eigenvalue weighted by molar-refractivity contribution is -0.144. The van der Waals surface area contributed by atoms with Gasteiger partial charge in [-0.1, -0.05) is 96.9 Å². The summed E-state index contributed by atoms with van der Waals surface area (Å²) < 4.78 is 6.39. The lowest BCUT2D eigenvalue weighted by Crippen LogP contribution is -2.58. The second kappa shape index (κ2) is 23.3. The molecule has 1 aromatic heterocycles. The monoisotopic (exact) mass is 935 g/mol. The predicted molar refractivity (Wildman–Crippen MR) is 265 cm³/mol. The summed E-state index contributed by atoms with van der Waals surface area (Å²) in [7, 11) is 0. The topological polar surface area (TPSA) is 205 Å². The number of carbonyl (C=O) groups is 5. The van der Waals surface area contributed by atoms with Crippen LogP contribution in [0.25, 0.3) is 10.4 Å². The van der Waals surface area contributed by atoms with Crippen molar-refractivity contribution >= 4 is 57.9 Å². The number of β-amino-alcohol motifs (C(OH)–C–C–N with tert-alkyl or cyclic N) is 1. The van der Waals surface area contributed by atoms with Gasteiger partial charge in [0.2, 0.25) is 23.6 Å². The molecular formula is C52H69N7O7S. The Morgan fingerprint density at radius 3 is 2.22 bits per heavy atom. The van der Waals surface area contributed by atoms with Gasteiger partial charge < -0.3 is 41.7 Å². The van der Waals surface area contributed by atoms with Crippen molar-refractivity contribution in [3.63, 3.8) is 0 Å². The Morgan fingerprint density at radius 1 is 0.910 bits per heavy atom. The maximum Gasteiger partial charge on any atom is 0.255 e. The maximum absolute atomic E-state index is 14.0. The minimum Gasteiger partial charge on any atom is -0.493 e. The molecule has 1 saturated heterocycles. The number of amides is 5. The van der Waals surface area contributed by atoms with Crippen LogP contribution in [0.5, 0.6) is 5.75 Å². The SMILES string of the molecule is Cc1ncsc1-c1ccc(CNC(=O)[C@@H]2C[C@@H](O)CN2C(=O)[C@H](NC(=O)C2(C)CC2)C(C)(C)C)c(OCCCCCCCCCCCC(=O)Nc2ccc(C(=O)Nc3ccccc3N)cc2)c1. The number of likely N-dealkylation sites (tertiary alicyclic amines) is 1. The number of benzene rings is 3. The van der Waals surface area contributed by atoms with Crippen molar-refractivity contribution in [3.05, 3.63) is 89.1 Å². The molecule has 15 heteroatoms. The number of para-hydroxylation sites is 2. The van der Waals surface area contributed by atoms with Gasteiger partial charge in [-0.15, -0.1) is 11.3 Å². The number of aliphatic hydroxyl groups is 1. The van der Waals surface area contributed by atoms with E-state index < -0.39 is 29.0 Å². The third-order valence-electron chi connectivity index (χ3n) is 12.8. The highest BCUT2D eigenvalue weighted by Gasteiger charge is 2.49. The van der Waals surface area contributed by atoms with E-state index in [9.17, 15) is 29.1 Å². The number of nitrogens with one attached hydrogen (secondary N) is 4. The second-order valence-corrected chi connectivity index (χ2v) is 20.3. The molecule has 3 aromatic carbocycles. The number of rotatable bonds is 23. The van der Waals surface area contributed by atoms with Crippen LogP contribution in [0.15, 0.2) is 72.2 Å². The molecule has 360 valence electrons. The molecule has 0 radical (unpaired) electrons. The van der Waals surface area contributed by atoms with Crippen molar-refractivity contribution < 1.29 is 33.8 Å². The van der Waals surface area contributed by atoms with E-state index in [0.717, 1.165) is 92.3 Å². The molecule has 4 aromatic rings. The van der Waals surface area contributed by atoms with Gasteiger partial charge in [0, 0.05) is 48.2 Å². The van der Waals surface area contributed by atoms with Crippen molar-refractivity contribution in [2.24, 2.45) is 10.8 Å². The molecule has 1 saturated carbocycles. The molecule has 0 bridgehead atoms. The van der Waals surface area contributed by atoms with Crippen LogP contribution < -0.4 is 31.7 Å². The molecule has 2 fully saturated rings. The van der Waals surface area contributed by atoms with Crippen LogP contribution in [0.3, 0.4) is 0 Å². The summed E-state index contributed by atoms with van der Waals surface area (Å²) in [6.07, 6.45) is 10.5. The number of hydrogen-bond donors (Lipinski definition) is 6. The van der Waals surface area contributed by atoms with Crippen molar-refractivity contribution in [3.8, 4) is 16.2 Å². The zero-order valence-electron chi connectivity index (χ0n) is 39.8. The summed E-state index contributed by atoms with van der Waals surface area (Å²) in [6.45, 7) is 10.3. The molecule has 14 nitrogen and oxygen atoms in total. The summed E-state index contributed by atoms with van der Waals surface area (Å²) in [6, 6.07) is 18.1. The minimum atomic E-state index is -0.878. The van der Waals surface area contributed by atoms with Gasteiger partial charge in [0.05, 0.1) is 40.2 Å². The first-order chi connectivity index (χ1) is 32.0. The molecule has 5 amide bonds. The van der Waals surface area contributed by atoms with Crippen LogP contribution in [0.1, 0.15) is 133 Å². The average Bonchev–Trinajstić information content (AvgIpc) is 3.70. The molecule has 3 atom stereocenters. The van der Waals surface area contributed by atoms with E-state index in [4.69, 9.17) is 10.5 Å². The van der Waals surface area contributed by atoms with Crippen molar-refractivity contribution in [1.82, 2.24) is 20.5 Å². The Labute approximate surface area is 399 Å². The van der Waals surface area contributed by atoms with Crippen LogP contribution in [0, 0.1) is 17.8 Å². The number of nitrogens with two attached hydrogens (primary N) is 1. The smallest absolute Gasteiger partial charge is 0.255 e. The number of aryl methyl sites for hydroxylation is 1. The number of carbonyl (C=O) groups excluding carboxylic acids is 5. The number of aromatic nitrogens is 1. The summed E-state index contributed by atoms with van der Waals surface area (Å²) in [5, 5.41) is 22.4. The molecule has 0 unspecified atom stereocenters. The van der Waals surface area contributed by atoms with Crippen LogP contribution in [-0.4, -0.2) is 75.9 Å². The van der Waals surface area contributed by atoms with Crippen LogP contribution >= 0.6 is 11.3 Å². The average molecular weight is 936 g/mol. The van der Waals surface area contributed by atoms with Gasteiger partial charge in [0.25, 0.3) is 5.91 Å². The number of thiazole rings is 1. The molecule has 0 spiro atoms. The number of anilines is 3. The molecule has 7 N–H and O–H groups in total. The Balaban J connectivity index is 0.893. The largest absolute Gasteiger partial charge is 0.493 e. The highest BCUT2D eigenvalue weighted by Crippen LogP contribution is 2.45. The number of hydrogen-bond acceptors (Lipinski definition) is 10.